The summed E-state index contributed by atoms with van der Waals surface area (Å²) in [5.41, 5.74) is 0. The van der Waals surface area contributed by atoms with E-state index in [4.69, 9.17) is 0 Å². The maximum absolute atomic E-state index is 11.6. The molecule has 0 N–H and O–H groups in total. The van der Waals surface area contributed by atoms with Gasteiger partial charge in [0.15, 0.2) is 6.52 Å². The summed E-state index contributed by atoms with van der Waals surface area (Å²) in [4.78, 5) is 8.64. The van der Waals surface area contributed by atoms with E-state index in [1.54, 1.807) is 0 Å². The van der Waals surface area contributed by atoms with Crippen molar-refractivity contribution in [2.45, 2.75) is 0 Å². The lowest BCUT2D eigenvalue weighted by Gasteiger charge is -2.09. The summed E-state index contributed by atoms with van der Waals surface area (Å²) in [6.45, 7) is 0.810. The van der Waals surface area contributed by atoms with Gasteiger partial charge < -0.3 is 4.57 Å². The molecule has 0 aliphatic rings. The van der Waals surface area contributed by atoms with Gasteiger partial charge >= 0.3 is 0 Å². The summed E-state index contributed by atoms with van der Waals surface area (Å²) in [5, 5.41) is 0. The lowest BCUT2D eigenvalue weighted by molar-refractivity contribution is -0.165. The molecule has 0 amide bonds. The third-order valence-electron chi connectivity index (χ3n) is 0.770. The molecule has 8 heteroatoms. The molecule has 0 rings (SSSR count). The molecule has 0 aliphatic carbocycles. The SMILES string of the molecule is C=CP(=O)(POOC)POOC. The topological polar surface area (TPSA) is 54.0 Å². The minimum atomic E-state index is -2.61. The summed E-state index contributed by atoms with van der Waals surface area (Å²) < 4.78 is 20.7. The first-order valence-electron chi connectivity index (χ1n) is 2.85. The van der Waals surface area contributed by atoms with E-state index in [1.165, 1.54) is 20.0 Å². The summed E-state index contributed by atoms with van der Waals surface area (Å²) in [7, 11) is 2.11. The van der Waals surface area contributed by atoms with E-state index in [0.717, 1.165) is 0 Å². The lowest BCUT2D eigenvalue weighted by atomic mass is 11.3. The zero-order valence-electron chi connectivity index (χ0n) is 6.77. The van der Waals surface area contributed by atoms with E-state index < -0.39 is 6.52 Å². The molecule has 12 heavy (non-hydrogen) atoms. The number of hydrogen-bond donors (Lipinski definition) is 0. The molecule has 72 valence electrons. The fourth-order valence-electron chi connectivity index (χ4n) is 0.278. The van der Waals surface area contributed by atoms with Gasteiger partial charge in [-0.15, -0.1) is 0 Å². The standard InChI is InChI=1S/C4H11O5P3/c1-4-12(5,10-8-6-2)11-9-7-3/h4,10-11H,1H2,2-3H3. The van der Waals surface area contributed by atoms with Gasteiger partial charge in [0.2, 0.25) is 0 Å². The Kier molecular flexibility index (Phi) is 7.51. The number of rotatable bonds is 7. The van der Waals surface area contributed by atoms with Crippen LogP contribution in [0.15, 0.2) is 12.4 Å². The van der Waals surface area contributed by atoms with Crippen molar-refractivity contribution >= 4 is 23.5 Å². The molecule has 0 spiro atoms. The summed E-state index contributed by atoms with van der Waals surface area (Å²) in [6.07, 6.45) is 0. The van der Waals surface area contributed by atoms with Crippen LogP contribution in [0.3, 0.4) is 0 Å². The Balaban J connectivity index is 3.87. The molecule has 0 aliphatic heterocycles. The van der Waals surface area contributed by atoms with Crippen LogP contribution in [0.25, 0.3) is 0 Å². The molecule has 0 aromatic heterocycles. The van der Waals surface area contributed by atoms with Gasteiger partial charge in [0, 0.05) is 0 Å². The Hall–Kier alpha value is 0.670. The van der Waals surface area contributed by atoms with E-state index in [2.05, 4.69) is 25.7 Å². The van der Waals surface area contributed by atoms with Gasteiger partial charge in [0.1, 0.15) is 17.0 Å². The first-order chi connectivity index (χ1) is 5.68. The molecule has 0 heterocycles. The highest BCUT2D eigenvalue weighted by atomic mass is 32.5. The molecular formula is C4H11O5P3. The predicted molar refractivity (Wildman–Crippen MR) is 50.6 cm³/mol. The summed E-state index contributed by atoms with van der Waals surface area (Å²) >= 11 is 0. The third-order valence-corrected chi connectivity index (χ3v) is 7.12. The summed E-state index contributed by atoms with van der Waals surface area (Å²) in [6, 6.07) is 0. The van der Waals surface area contributed by atoms with Crippen molar-refractivity contribution in [1.82, 2.24) is 0 Å². The van der Waals surface area contributed by atoms with Crippen LogP contribution in [0.1, 0.15) is 0 Å². The molecule has 5 nitrogen and oxygen atoms in total. The van der Waals surface area contributed by atoms with Crippen molar-refractivity contribution in [2.24, 2.45) is 0 Å². The fraction of sp³-hybridized carbons (Fsp3) is 0.500. The van der Waals surface area contributed by atoms with Crippen LogP contribution < -0.4 is 0 Å². The zero-order valence-corrected chi connectivity index (χ0v) is 9.67. The van der Waals surface area contributed by atoms with Gasteiger partial charge in [0.05, 0.1) is 14.2 Å². The van der Waals surface area contributed by atoms with Crippen LogP contribution in [0.2, 0.25) is 0 Å². The van der Waals surface area contributed by atoms with Gasteiger partial charge in [-0.25, -0.2) is 19.1 Å². The molecular weight excluding hydrogens is 221 g/mol. The van der Waals surface area contributed by atoms with Crippen molar-refractivity contribution in [3.63, 3.8) is 0 Å². The second kappa shape index (κ2) is 7.11. The Morgan fingerprint density at radius 3 is 1.92 bits per heavy atom. The molecule has 0 fully saturated rings. The molecule has 0 aromatic rings. The van der Waals surface area contributed by atoms with Gasteiger partial charge in [-0.05, 0) is 5.82 Å². The predicted octanol–water partition coefficient (Wildman–Crippen LogP) is 2.67. The van der Waals surface area contributed by atoms with Crippen molar-refractivity contribution < 1.29 is 23.7 Å². The van der Waals surface area contributed by atoms with Crippen molar-refractivity contribution in [3.8, 4) is 0 Å². The van der Waals surface area contributed by atoms with Gasteiger partial charge in [-0.1, -0.05) is 6.58 Å². The van der Waals surface area contributed by atoms with Crippen LogP contribution in [0, 0.1) is 0 Å². The largest absolute Gasteiger partial charge is 0.305 e. The Morgan fingerprint density at radius 1 is 1.25 bits per heavy atom. The molecule has 0 aromatic carbocycles. The van der Waals surface area contributed by atoms with Crippen LogP contribution in [0.5, 0.6) is 0 Å². The average molecular weight is 232 g/mol. The van der Waals surface area contributed by atoms with Crippen LogP contribution in [0.4, 0.5) is 0 Å². The van der Waals surface area contributed by atoms with E-state index in [-0.39, 0.29) is 17.0 Å². The maximum Gasteiger partial charge on any atom is 0.199 e. The molecule has 0 saturated heterocycles. The normalized spacial score (nSPS) is 17.5. The van der Waals surface area contributed by atoms with Crippen LogP contribution >= 0.6 is 23.5 Å². The minimum absolute atomic E-state index is 0.291. The molecule has 0 radical (unpaired) electrons. The Bertz CT molecular complexity index is 160. The van der Waals surface area contributed by atoms with E-state index in [9.17, 15) is 4.57 Å². The van der Waals surface area contributed by atoms with Crippen molar-refractivity contribution in [1.29, 1.82) is 0 Å². The van der Waals surface area contributed by atoms with Gasteiger partial charge in [-0.3, -0.25) is 0 Å². The Labute approximate surface area is 74.5 Å². The average Bonchev–Trinajstić information content (AvgIpc) is 2.11. The monoisotopic (exact) mass is 232 g/mol. The van der Waals surface area contributed by atoms with Crippen molar-refractivity contribution in [2.75, 3.05) is 14.2 Å². The third kappa shape index (κ3) is 5.34. The maximum atomic E-state index is 11.6. The smallest absolute Gasteiger partial charge is 0.199 e. The van der Waals surface area contributed by atoms with Gasteiger partial charge in [0.25, 0.3) is 0 Å². The Morgan fingerprint density at radius 2 is 1.67 bits per heavy atom. The number of hydrogen-bond acceptors (Lipinski definition) is 5. The zero-order chi connectivity index (χ0) is 9.45. The highest BCUT2D eigenvalue weighted by molar-refractivity contribution is 8.54. The highest BCUT2D eigenvalue weighted by Gasteiger charge is 2.20. The molecule has 2 atom stereocenters. The van der Waals surface area contributed by atoms with Gasteiger partial charge in [-0.2, -0.15) is 0 Å². The van der Waals surface area contributed by atoms with E-state index >= 15 is 0 Å². The van der Waals surface area contributed by atoms with E-state index in [0.29, 0.717) is 0 Å². The van der Waals surface area contributed by atoms with Crippen LogP contribution in [-0.4, -0.2) is 14.2 Å². The van der Waals surface area contributed by atoms with E-state index in [1.807, 2.05) is 0 Å². The minimum Gasteiger partial charge on any atom is -0.305 e. The fourth-order valence-corrected chi connectivity index (χ4v) is 3.51. The first kappa shape index (κ1) is 12.7. The quantitative estimate of drug-likeness (QED) is 0.383. The molecule has 2 unspecified atom stereocenters. The van der Waals surface area contributed by atoms with Crippen molar-refractivity contribution in [3.05, 3.63) is 12.4 Å². The first-order valence-corrected chi connectivity index (χ1v) is 8.13. The van der Waals surface area contributed by atoms with Crippen LogP contribution in [-0.2, 0) is 23.7 Å². The second-order valence-corrected chi connectivity index (χ2v) is 10.3. The lowest BCUT2D eigenvalue weighted by Crippen LogP contribution is -1.74. The summed E-state index contributed by atoms with van der Waals surface area (Å²) in [5.74, 6) is 1.32. The molecule has 0 saturated carbocycles. The molecule has 0 bridgehead atoms. The highest BCUT2D eigenvalue weighted by Crippen LogP contribution is 2.78. The second-order valence-electron chi connectivity index (χ2n) is 1.52.